The second-order valence-electron chi connectivity index (χ2n) is 6.70. The number of anilines is 1. The predicted octanol–water partition coefficient (Wildman–Crippen LogP) is 5.38. The van der Waals surface area contributed by atoms with Crippen molar-refractivity contribution in [2.45, 2.75) is 6.92 Å². The van der Waals surface area contributed by atoms with E-state index >= 15 is 0 Å². The molecule has 0 radical (unpaired) electrons. The zero-order valence-electron chi connectivity index (χ0n) is 16.4. The lowest BCUT2D eigenvalue weighted by molar-refractivity contribution is -0.115. The van der Waals surface area contributed by atoms with Gasteiger partial charge in [-0.2, -0.15) is 4.98 Å². The van der Waals surface area contributed by atoms with Crippen LogP contribution >= 0.6 is 23.8 Å². The van der Waals surface area contributed by atoms with Gasteiger partial charge >= 0.3 is 0 Å². The first-order valence-corrected chi connectivity index (χ1v) is 10.1. The summed E-state index contributed by atoms with van der Waals surface area (Å²) in [6.45, 7) is 1.94. The van der Waals surface area contributed by atoms with Gasteiger partial charge in [-0.3, -0.25) is 10.1 Å². The molecule has 8 heteroatoms. The Hall–Kier alpha value is -3.55. The minimum atomic E-state index is -0.341. The van der Waals surface area contributed by atoms with Crippen molar-refractivity contribution in [3.63, 3.8) is 0 Å². The largest absolute Gasteiger partial charge is 0.434 e. The number of rotatable bonds is 4. The second-order valence-corrected chi connectivity index (χ2v) is 7.55. The Morgan fingerprint density at radius 3 is 2.74 bits per heavy atom. The first-order chi connectivity index (χ1) is 15.0. The number of hydrogen-bond donors (Lipinski definition) is 2. The molecule has 1 amide bonds. The van der Waals surface area contributed by atoms with E-state index in [2.05, 4.69) is 20.6 Å². The van der Waals surface area contributed by atoms with Crippen molar-refractivity contribution in [2.75, 3.05) is 5.32 Å². The highest BCUT2D eigenvalue weighted by molar-refractivity contribution is 7.80. The van der Waals surface area contributed by atoms with Crippen LogP contribution in [0.4, 0.5) is 5.69 Å². The molecule has 6 nitrogen and oxygen atoms in total. The number of hydrogen-bond acceptors (Lipinski definition) is 5. The topological polar surface area (TPSA) is 80.1 Å². The van der Waals surface area contributed by atoms with Gasteiger partial charge in [0.2, 0.25) is 11.8 Å². The van der Waals surface area contributed by atoms with Gasteiger partial charge in [-0.05, 0) is 72.7 Å². The van der Waals surface area contributed by atoms with Crippen molar-refractivity contribution in [1.29, 1.82) is 0 Å². The molecule has 0 saturated carbocycles. The number of benzene rings is 2. The monoisotopic (exact) mass is 448 g/mol. The molecule has 0 saturated heterocycles. The number of nitrogens with zero attached hydrogens (tertiary/aromatic N) is 2. The molecule has 2 aromatic carbocycles. The van der Waals surface area contributed by atoms with Gasteiger partial charge in [-0.25, -0.2) is 4.98 Å². The van der Waals surface area contributed by atoms with Gasteiger partial charge in [-0.15, -0.1) is 0 Å². The molecular formula is C23H17ClN4O2S. The van der Waals surface area contributed by atoms with Crippen LogP contribution < -0.4 is 10.6 Å². The molecule has 0 unspecified atom stereocenters. The lowest BCUT2D eigenvalue weighted by Crippen LogP contribution is -2.33. The van der Waals surface area contributed by atoms with Crippen LogP contribution in [0.25, 0.3) is 28.8 Å². The SMILES string of the molecule is Cc1ccc(-c2nc3ncccc3o2)cc1NC(=S)NC(=O)/C=C/c1ccc(Cl)cc1. The molecule has 0 aliphatic carbocycles. The minimum absolute atomic E-state index is 0.185. The number of amides is 1. The van der Waals surface area contributed by atoms with Crippen LogP contribution in [0.15, 0.2) is 71.3 Å². The third-order valence-corrected chi connectivity index (χ3v) is 4.89. The molecule has 0 aliphatic heterocycles. The zero-order valence-corrected chi connectivity index (χ0v) is 18.0. The highest BCUT2D eigenvalue weighted by atomic mass is 35.5. The van der Waals surface area contributed by atoms with Crippen molar-refractivity contribution < 1.29 is 9.21 Å². The van der Waals surface area contributed by atoms with Crippen LogP contribution in [0.1, 0.15) is 11.1 Å². The van der Waals surface area contributed by atoms with Gasteiger partial charge in [0.15, 0.2) is 16.3 Å². The average Bonchev–Trinajstić information content (AvgIpc) is 3.19. The summed E-state index contributed by atoms with van der Waals surface area (Å²) in [4.78, 5) is 20.8. The van der Waals surface area contributed by atoms with E-state index in [1.54, 1.807) is 30.5 Å². The van der Waals surface area contributed by atoms with Gasteiger partial charge in [0.25, 0.3) is 0 Å². The van der Waals surface area contributed by atoms with E-state index in [4.69, 9.17) is 28.2 Å². The molecule has 2 N–H and O–H groups in total. The molecule has 0 aliphatic rings. The number of aromatic nitrogens is 2. The highest BCUT2D eigenvalue weighted by Crippen LogP contribution is 2.27. The van der Waals surface area contributed by atoms with Gasteiger partial charge in [0.1, 0.15) is 0 Å². The number of nitrogens with one attached hydrogen (secondary N) is 2. The molecule has 0 spiro atoms. The van der Waals surface area contributed by atoms with Crippen LogP contribution in [0.2, 0.25) is 5.02 Å². The minimum Gasteiger partial charge on any atom is -0.434 e. The Morgan fingerprint density at radius 1 is 1.16 bits per heavy atom. The molecule has 154 valence electrons. The summed E-state index contributed by atoms with van der Waals surface area (Å²) < 4.78 is 5.78. The number of oxazole rings is 1. The molecule has 0 fully saturated rings. The lowest BCUT2D eigenvalue weighted by Gasteiger charge is -2.11. The van der Waals surface area contributed by atoms with E-state index in [9.17, 15) is 4.79 Å². The second kappa shape index (κ2) is 9.07. The quantitative estimate of drug-likeness (QED) is 0.322. The van der Waals surface area contributed by atoms with Crippen molar-refractivity contribution in [2.24, 2.45) is 0 Å². The molecule has 0 atom stereocenters. The summed E-state index contributed by atoms with van der Waals surface area (Å²) in [7, 11) is 0. The van der Waals surface area contributed by atoms with E-state index in [-0.39, 0.29) is 11.0 Å². The third kappa shape index (κ3) is 5.14. The Labute approximate surface area is 189 Å². The van der Waals surface area contributed by atoms with Crippen molar-refractivity contribution in [1.82, 2.24) is 15.3 Å². The third-order valence-electron chi connectivity index (χ3n) is 4.43. The molecule has 2 heterocycles. The van der Waals surface area contributed by atoms with Crippen LogP contribution in [0.3, 0.4) is 0 Å². The van der Waals surface area contributed by atoms with Crippen LogP contribution in [-0.2, 0) is 4.79 Å². The first-order valence-electron chi connectivity index (χ1n) is 9.36. The Balaban J connectivity index is 1.44. The summed E-state index contributed by atoms with van der Waals surface area (Å²) in [5, 5.41) is 6.51. The molecule has 2 aromatic heterocycles. The predicted molar refractivity (Wildman–Crippen MR) is 127 cm³/mol. The molecular weight excluding hydrogens is 432 g/mol. The summed E-state index contributed by atoms with van der Waals surface area (Å²) in [5.74, 6) is 0.115. The molecule has 4 rings (SSSR count). The summed E-state index contributed by atoms with van der Waals surface area (Å²) in [5.41, 5.74) is 4.47. The molecule has 0 bridgehead atoms. The van der Waals surface area contributed by atoms with Crippen LogP contribution in [0.5, 0.6) is 0 Å². The smallest absolute Gasteiger partial charge is 0.250 e. The fraction of sp³-hybridized carbons (Fsp3) is 0.0435. The summed E-state index contributed by atoms with van der Waals surface area (Å²) in [6, 6.07) is 16.4. The molecule has 31 heavy (non-hydrogen) atoms. The van der Waals surface area contributed by atoms with Crippen LogP contribution in [0, 0.1) is 6.92 Å². The summed E-state index contributed by atoms with van der Waals surface area (Å²) in [6.07, 6.45) is 4.76. The number of pyridine rings is 1. The maximum Gasteiger partial charge on any atom is 0.250 e. The van der Waals surface area contributed by atoms with Crippen LogP contribution in [-0.4, -0.2) is 21.0 Å². The van der Waals surface area contributed by atoms with Gasteiger partial charge in [0, 0.05) is 28.5 Å². The Kier molecular flexibility index (Phi) is 6.06. The Bertz CT molecular complexity index is 1270. The number of thiocarbonyl (C=S) groups is 1. The number of carbonyl (C=O) groups is 1. The standard InChI is InChI=1S/C23H17ClN4O2S/c1-14-4-8-16(22-28-21-19(30-22)3-2-12-25-21)13-18(14)26-23(31)27-20(29)11-7-15-5-9-17(24)10-6-15/h2-13H,1H3,(H2,26,27,29,31)/b11-7+. The van der Waals surface area contributed by atoms with Crippen molar-refractivity contribution >= 4 is 57.8 Å². The van der Waals surface area contributed by atoms with Gasteiger partial charge < -0.3 is 9.73 Å². The number of carbonyl (C=O) groups excluding carboxylic acids is 1. The lowest BCUT2D eigenvalue weighted by atomic mass is 10.1. The van der Waals surface area contributed by atoms with E-state index < -0.39 is 0 Å². The maximum atomic E-state index is 12.2. The van der Waals surface area contributed by atoms with E-state index in [1.165, 1.54) is 6.08 Å². The average molecular weight is 449 g/mol. The fourth-order valence-electron chi connectivity index (χ4n) is 2.84. The Morgan fingerprint density at radius 2 is 1.97 bits per heavy atom. The molecule has 4 aromatic rings. The van der Waals surface area contributed by atoms with Crippen molar-refractivity contribution in [3.8, 4) is 11.5 Å². The number of halogens is 1. The van der Waals surface area contributed by atoms with E-state index in [1.807, 2.05) is 43.3 Å². The summed E-state index contributed by atoms with van der Waals surface area (Å²) >= 11 is 11.2. The number of fused-ring (bicyclic) bond motifs is 1. The highest BCUT2D eigenvalue weighted by Gasteiger charge is 2.11. The first kappa shape index (κ1) is 20.7. The van der Waals surface area contributed by atoms with Gasteiger partial charge in [0.05, 0.1) is 0 Å². The van der Waals surface area contributed by atoms with Gasteiger partial charge in [-0.1, -0.05) is 29.8 Å². The van der Waals surface area contributed by atoms with E-state index in [0.717, 1.165) is 22.4 Å². The van der Waals surface area contributed by atoms with E-state index in [0.29, 0.717) is 22.1 Å². The fourth-order valence-corrected chi connectivity index (χ4v) is 3.17. The maximum absolute atomic E-state index is 12.2. The normalized spacial score (nSPS) is 11.0. The zero-order chi connectivity index (χ0) is 21.8. The number of aryl methyl sites for hydroxylation is 1. The van der Waals surface area contributed by atoms with Crippen molar-refractivity contribution in [3.05, 3.63) is 83.0 Å².